The van der Waals surface area contributed by atoms with Crippen molar-refractivity contribution in [2.45, 2.75) is 13.3 Å². The summed E-state index contributed by atoms with van der Waals surface area (Å²) in [5.74, 6) is 0.340. The molecule has 0 aliphatic carbocycles. The Labute approximate surface area is 183 Å². The van der Waals surface area contributed by atoms with Crippen molar-refractivity contribution in [1.82, 2.24) is 14.9 Å². The molecule has 30 heavy (non-hydrogen) atoms. The third-order valence-corrected chi connectivity index (χ3v) is 6.49. The molecule has 0 bridgehead atoms. The Morgan fingerprint density at radius 3 is 2.63 bits per heavy atom. The summed E-state index contributed by atoms with van der Waals surface area (Å²) >= 11 is 7.44. The Hall–Kier alpha value is -2.71. The minimum absolute atomic E-state index is 0.139. The summed E-state index contributed by atoms with van der Waals surface area (Å²) in [6.07, 6.45) is 1.52. The second-order valence-electron chi connectivity index (χ2n) is 7.05. The van der Waals surface area contributed by atoms with E-state index >= 15 is 0 Å². The van der Waals surface area contributed by atoms with Crippen LogP contribution in [0.15, 0.2) is 30.3 Å². The van der Waals surface area contributed by atoms with Crippen molar-refractivity contribution in [2.24, 2.45) is 0 Å². The molecule has 3 heterocycles. The number of aryl methyl sites for hydroxylation is 1. The smallest absolute Gasteiger partial charge is 0.348 e. The van der Waals surface area contributed by atoms with E-state index in [-0.39, 0.29) is 11.3 Å². The first-order valence-electron chi connectivity index (χ1n) is 9.69. The molecule has 9 heteroatoms. The molecule has 156 valence electrons. The van der Waals surface area contributed by atoms with Gasteiger partial charge in [-0.1, -0.05) is 30.3 Å². The molecule has 1 aromatic carbocycles. The number of thiophene rings is 1. The lowest BCUT2D eigenvalue weighted by Crippen LogP contribution is -2.46. The maximum atomic E-state index is 12.7. The lowest BCUT2D eigenvalue weighted by molar-refractivity contribution is -0.118. The summed E-state index contributed by atoms with van der Waals surface area (Å²) in [5, 5.41) is 0.958. The fourth-order valence-electron chi connectivity index (χ4n) is 3.53. The first-order valence-corrected chi connectivity index (χ1v) is 10.9. The normalized spacial score (nSPS) is 14.2. The number of benzene rings is 1. The Morgan fingerprint density at radius 2 is 1.93 bits per heavy atom. The maximum Gasteiger partial charge on any atom is 0.348 e. The molecule has 0 saturated carbocycles. The summed E-state index contributed by atoms with van der Waals surface area (Å²) in [6, 6.07) is 9.90. The van der Waals surface area contributed by atoms with Gasteiger partial charge in [0.15, 0.2) is 0 Å². The third kappa shape index (κ3) is 4.24. The van der Waals surface area contributed by atoms with Crippen molar-refractivity contribution in [3.63, 3.8) is 0 Å². The first-order chi connectivity index (χ1) is 14.6. The number of ether oxygens (including phenoxy) is 1. The van der Waals surface area contributed by atoms with E-state index in [0.29, 0.717) is 54.7 Å². The van der Waals surface area contributed by atoms with Gasteiger partial charge >= 0.3 is 5.97 Å². The summed E-state index contributed by atoms with van der Waals surface area (Å²) in [4.78, 5) is 37.5. The van der Waals surface area contributed by atoms with Crippen LogP contribution in [0.1, 0.15) is 20.8 Å². The van der Waals surface area contributed by atoms with E-state index < -0.39 is 0 Å². The van der Waals surface area contributed by atoms with Gasteiger partial charge in [0.25, 0.3) is 0 Å². The highest BCUT2D eigenvalue weighted by molar-refractivity contribution is 7.20. The Kier molecular flexibility index (Phi) is 6.15. The summed E-state index contributed by atoms with van der Waals surface area (Å²) < 4.78 is 5.52. The van der Waals surface area contributed by atoms with Crippen molar-refractivity contribution < 1.29 is 14.3 Å². The predicted octanol–water partition coefficient (Wildman–Crippen LogP) is 3.33. The van der Waals surface area contributed by atoms with E-state index in [0.717, 1.165) is 22.9 Å². The predicted molar refractivity (Wildman–Crippen MR) is 117 cm³/mol. The molecule has 3 aromatic rings. The summed E-state index contributed by atoms with van der Waals surface area (Å²) in [7, 11) is 0. The lowest BCUT2D eigenvalue weighted by atomic mass is 10.1. The quantitative estimate of drug-likeness (QED) is 0.330. The number of aromatic nitrogens is 2. The zero-order valence-electron chi connectivity index (χ0n) is 16.5. The van der Waals surface area contributed by atoms with Crippen LogP contribution in [-0.4, -0.2) is 60.0 Å². The van der Waals surface area contributed by atoms with Crippen LogP contribution in [0.3, 0.4) is 0 Å². The van der Waals surface area contributed by atoms with E-state index in [1.807, 2.05) is 37.3 Å². The molecule has 4 rings (SSSR count). The zero-order chi connectivity index (χ0) is 21.1. The number of rotatable bonds is 6. The van der Waals surface area contributed by atoms with Crippen LogP contribution >= 0.6 is 22.9 Å². The van der Waals surface area contributed by atoms with Gasteiger partial charge in [-0.05, 0) is 29.7 Å². The van der Waals surface area contributed by atoms with Gasteiger partial charge in [0.05, 0.1) is 12.0 Å². The highest BCUT2D eigenvalue weighted by Crippen LogP contribution is 2.37. The molecule has 1 fully saturated rings. The van der Waals surface area contributed by atoms with Crippen molar-refractivity contribution in [3.05, 3.63) is 51.6 Å². The van der Waals surface area contributed by atoms with Gasteiger partial charge in [-0.15, -0.1) is 11.3 Å². The number of fused-ring (bicyclic) bond motifs is 1. The van der Waals surface area contributed by atoms with Crippen LogP contribution in [0.5, 0.6) is 0 Å². The number of carbonyl (C=O) groups is 2. The van der Waals surface area contributed by atoms with Crippen molar-refractivity contribution >= 4 is 51.4 Å². The number of carbonyl (C=O) groups excluding carboxylic acids is 2. The number of hydrogen-bond donors (Lipinski definition) is 0. The van der Waals surface area contributed by atoms with Gasteiger partial charge in [0.2, 0.25) is 11.7 Å². The molecule has 1 amide bonds. The van der Waals surface area contributed by atoms with E-state index in [2.05, 4.69) is 14.9 Å². The minimum atomic E-state index is -0.362. The summed E-state index contributed by atoms with van der Waals surface area (Å²) in [6.45, 7) is 4.72. The second-order valence-corrected chi connectivity index (χ2v) is 8.39. The van der Waals surface area contributed by atoms with Crippen LogP contribution in [0.25, 0.3) is 10.2 Å². The van der Waals surface area contributed by atoms with Gasteiger partial charge in [0, 0.05) is 32.6 Å². The van der Waals surface area contributed by atoms with Crippen LogP contribution in [-0.2, 0) is 16.0 Å². The van der Waals surface area contributed by atoms with Gasteiger partial charge in [-0.3, -0.25) is 4.79 Å². The van der Waals surface area contributed by atoms with Gasteiger partial charge in [0.1, 0.15) is 15.5 Å². The minimum Gasteiger partial charge on any atom is -0.461 e. The fraction of sp³-hybridized carbons (Fsp3) is 0.333. The van der Waals surface area contributed by atoms with E-state index in [1.54, 1.807) is 4.90 Å². The van der Waals surface area contributed by atoms with E-state index in [9.17, 15) is 9.59 Å². The average molecular weight is 445 g/mol. The third-order valence-electron chi connectivity index (χ3n) is 5.16. The van der Waals surface area contributed by atoms with Crippen molar-refractivity contribution in [3.8, 4) is 0 Å². The summed E-state index contributed by atoms with van der Waals surface area (Å²) in [5.41, 5.74) is 1.91. The number of amides is 1. The van der Waals surface area contributed by atoms with Crippen LogP contribution in [0.4, 0.5) is 5.82 Å². The molecule has 1 saturated heterocycles. The van der Waals surface area contributed by atoms with Crippen LogP contribution in [0.2, 0.25) is 5.28 Å². The monoisotopic (exact) mass is 444 g/mol. The first kappa shape index (κ1) is 20.6. The maximum absolute atomic E-state index is 12.7. The molecule has 0 atom stereocenters. The van der Waals surface area contributed by atoms with Gasteiger partial charge in [-0.2, -0.15) is 4.98 Å². The number of anilines is 1. The molecule has 7 nitrogen and oxygen atoms in total. The lowest BCUT2D eigenvalue weighted by Gasteiger charge is -2.33. The highest BCUT2D eigenvalue weighted by Gasteiger charge is 2.25. The number of esters is 1. The number of nitrogens with zero attached hydrogens (tertiary/aromatic N) is 4. The van der Waals surface area contributed by atoms with Crippen molar-refractivity contribution in [2.75, 3.05) is 37.7 Å². The molecule has 1 aliphatic rings. The highest BCUT2D eigenvalue weighted by atomic mass is 35.5. The Bertz CT molecular complexity index is 1070. The second kappa shape index (κ2) is 8.97. The average Bonchev–Trinajstić information content (AvgIpc) is 3.10. The molecule has 0 unspecified atom stereocenters. The molecular weight excluding hydrogens is 424 g/mol. The standard InChI is InChI=1S/C21H21ClN4O3S/c1-14-16-18(26-10-8-25(13-27)9-11-26)23-21(22)24-19(16)30-17(14)20(28)29-12-7-15-5-3-2-4-6-15/h2-6,13H,7-12H2,1H3. The molecule has 0 radical (unpaired) electrons. The zero-order valence-corrected chi connectivity index (χ0v) is 18.1. The van der Waals surface area contributed by atoms with Crippen LogP contribution in [0, 0.1) is 6.92 Å². The molecule has 0 spiro atoms. The van der Waals surface area contributed by atoms with E-state index in [4.69, 9.17) is 16.3 Å². The van der Waals surface area contributed by atoms with Gasteiger partial charge < -0.3 is 14.5 Å². The molecule has 0 N–H and O–H groups in total. The van der Waals surface area contributed by atoms with Crippen molar-refractivity contribution in [1.29, 1.82) is 0 Å². The molecule has 1 aliphatic heterocycles. The topological polar surface area (TPSA) is 75.6 Å². The largest absolute Gasteiger partial charge is 0.461 e. The number of piperazine rings is 1. The molecule has 2 aromatic heterocycles. The Morgan fingerprint density at radius 1 is 1.20 bits per heavy atom. The Balaban J connectivity index is 1.55. The van der Waals surface area contributed by atoms with Crippen LogP contribution < -0.4 is 4.90 Å². The number of hydrogen-bond acceptors (Lipinski definition) is 7. The van der Waals surface area contributed by atoms with Gasteiger partial charge in [-0.25, -0.2) is 9.78 Å². The SMILES string of the molecule is Cc1c(C(=O)OCCc2ccccc2)sc2nc(Cl)nc(N3CCN(C=O)CC3)c12. The fourth-order valence-corrected chi connectivity index (χ4v) is 4.81. The molecular formula is C21H21ClN4O3S. The van der Waals surface area contributed by atoms with E-state index in [1.165, 1.54) is 11.3 Å². The number of halogens is 1.